The van der Waals surface area contributed by atoms with Crippen molar-refractivity contribution in [1.82, 2.24) is 15.1 Å². The van der Waals surface area contributed by atoms with Gasteiger partial charge in [0.05, 0.1) is 19.3 Å². The molecule has 2 amide bonds. The third-order valence-electron chi connectivity index (χ3n) is 5.99. The summed E-state index contributed by atoms with van der Waals surface area (Å²) < 4.78 is 5.28. The third-order valence-corrected chi connectivity index (χ3v) is 6.93. The number of benzene rings is 1. The first-order valence-corrected chi connectivity index (χ1v) is 11.8. The summed E-state index contributed by atoms with van der Waals surface area (Å²) in [6.45, 7) is 7.56. The molecule has 2 atom stereocenters. The van der Waals surface area contributed by atoms with Crippen molar-refractivity contribution in [2.45, 2.75) is 19.0 Å². The minimum absolute atomic E-state index is 0.0411. The Labute approximate surface area is 187 Å². The van der Waals surface area contributed by atoms with Gasteiger partial charge in [-0.05, 0) is 30.5 Å². The predicted molar refractivity (Wildman–Crippen MR) is 122 cm³/mol. The van der Waals surface area contributed by atoms with Gasteiger partial charge in [0.2, 0.25) is 0 Å². The fourth-order valence-electron chi connectivity index (χ4n) is 4.36. The smallest absolute Gasteiger partial charge is 0.312 e. The van der Waals surface area contributed by atoms with Gasteiger partial charge in [0.15, 0.2) is 0 Å². The Balaban J connectivity index is 1.41. The number of morpholine rings is 1. The maximum absolute atomic E-state index is 12.7. The van der Waals surface area contributed by atoms with Crippen molar-refractivity contribution in [2.75, 3.05) is 57.4 Å². The first kappa shape index (κ1) is 21.8. The molecule has 2 fully saturated rings. The lowest BCUT2D eigenvalue weighted by molar-refractivity contribution is -0.149. The highest BCUT2D eigenvalue weighted by Gasteiger charge is 2.33. The van der Waals surface area contributed by atoms with E-state index < -0.39 is 11.8 Å². The number of hydrogen-bond acceptors (Lipinski definition) is 6. The van der Waals surface area contributed by atoms with Crippen molar-refractivity contribution in [3.05, 3.63) is 52.7 Å². The maximum atomic E-state index is 12.7. The van der Waals surface area contributed by atoms with Crippen molar-refractivity contribution in [3.8, 4) is 0 Å². The van der Waals surface area contributed by atoms with E-state index in [0.29, 0.717) is 26.3 Å². The van der Waals surface area contributed by atoms with Crippen molar-refractivity contribution in [3.63, 3.8) is 0 Å². The van der Waals surface area contributed by atoms with Crippen LogP contribution in [-0.2, 0) is 14.3 Å². The number of carbonyl (C=O) groups excluding carboxylic acids is 2. The molecule has 2 aliphatic heterocycles. The van der Waals surface area contributed by atoms with Crippen molar-refractivity contribution < 1.29 is 14.3 Å². The Kier molecular flexibility index (Phi) is 7.21. The van der Waals surface area contributed by atoms with Gasteiger partial charge < -0.3 is 19.9 Å². The van der Waals surface area contributed by atoms with Crippen LogP contribution in [0.3, 0.4) is 0 Å². The van der Waals surface area contributed by atoms with Crippen LogP contribution in [-0.4, -0.2) is 80.1 Å². The van der Waals surface area contributed by atoms with Crippen LogP contribution < -0.4 is 10.2 Å². The number of rotatable bonds is 5. The summed E-state index contributed by atoms with van der Waals surface area (Å²) >= 11 is 1.70. The van der Waals surface area contributed by atoms with E-state index in [0.717, 1.165) is 26.2 Å². The van der Waals surface area contributed by atoms with Crippen molar-refractivity contribution in [1.29, 1.82) is 0 Å². The summed E-state index contributed by atoms with van der Waals surface area (Å²) in [5.74, 6) is -0.993. The predicted octanol–water partition coefficient (Wildman–Crippen LogP) is 1.97. The molecule has 2 saturated heterocycles. The van der Waals surface area contributed by atoms with E-state index in [2.05, 4.69) is 50.8 Å². The Hall–Kier alpha value is -2.42. The first-order chi connectivity index (χ1) is 15.1. The van der Waals surface area contributed by atoms with Gasteiger partial charge in [-0.2, -0.15) is 0 Å². The third kappa shape index (κ3) is 5.26. The number of nitrogens with one attached hydrogen (secondary N) is 1. The highest BCUT2D eigenvalue weighted by molar-refractivity contribution is 7.10. The van der Waals surface area contributed by atoms with E-state index in [-0.39, 0.29) is 12.1 Å². The monoisotopic (exact) mass is 442 g/mol. The number of amides is 2. The molecular weight excluding hydrogens is 412 g/mol. The molecule has 1 aromatic heterocycles. The van der Waals surface area contributed by atoms with Crippen molar-refractivity contribution >= 4 is 28.8 Å². The van der Waals surface area contributed by atoms with Crippen LogP contribution in [0.2, 0.25) is 0 Å². The van der Waals surface area contributed by atoms with Crippen LogP contribution in [0.15, 0.2) is 47.8 Å². The topological polar surface area (TPSA) is 65.1 Å². The number of anilines is 1. The first-order valence-electron chi connectivity index (χ1n) is 10.9. The molecule has 166 valence electrons. The van der Waals surface area contributed by atoms with E-state index in [1.54, 1.807) is 16.2 Å². The molecule has 1 aromatic carbocycles. The average molecular weight is 443 g/mol. The second-order valence-electron chi connectivity index (χ2n) is 7.99. The molecule has 0 unspecified atom stereocenters. The van der Waals surface area contributed by atoms with Crippen LogP contribution >= 0.6 is 11.3 Å². The minimum atomic E-state index is -0.529. The van der Waals surface area contributed by atoms with Crippen LogP contribution in [0.1, 0.15) is 17.8 Å². The molecule has 0 saturated carbocycles. The van der Waals surface area contributed by atoms with Gasteiger partial charge in [-0.15, -0.1) is 11.3 Å². The normalized spacial score (nSPS) is 19.6. The van der Waals surface area contributed by atoms with Crippen LogP contribution in [0.5, 0.6) is 0 Å². The van der Waals surface area contributed by atoms with Crippen LogP contribution in [0, 0.1) is 0 Å². The number of carbonyl (C=O) groups is 2. The minimum Gasteiger partial charge on any atom is -0.378 e. The van der Waals surface area contributed by atoms with Gasteiger partial charge in [0.1, 0.15) is 0 Å². The Morgan fingerprint density at radius 1 is 0.968 bits per heavy atom. The maximum Gasteiger partial charge on any atom is 0.312 e. The zero-order valence-electron chi connectivity index (χ0n) is 17.9. The number of piperazine rings is 1. The molecular formula is C23H30N4O3S. The molecule has 3 heterocycles. The fraction of sp³-hybridized carbons (Fsp3) is 0.478. The molecule has 4 rings (SSSR count). The summed E-state index contributed by atoms with van der Waals surface area (Å²) in [6.07, 6.45) is 0. The van der Waals surface area contributed by atoms with Crippen molar-refractivity contribution in [2.24, 2.45) is 0 Å². The fourth-order valence-corrected chi connectivity index (χ4v) is 5.32. The molecule has 7 nitrogen and oxygen atoms in total. The molecule has 8 heteroatoms. The molecule has 2 aliphatic rings. The lowest BCUT2D eigenvalue weighted by Crippen LogP contribution is -2.54. The van der Waals surface area contributed by atoms with Gasteiger partial charge in [-0.25, -0.2) is 0 Å². The number of thiophene rings is 1. The van der Waals surface area contributed by atoms with Gasteiger partial charge in [0.25, 0.3) is 0 Å². The van der Waals surface area contributed by atoms with Crippen LogP contribution in [0.25, 0.3) is 0 Å². The molecule has 0 radical (unpaired) electrons. The lowest BCUT2D eigenvalue weighted by Gasteiger charge is -2.42. The zero-order valence-corrected chi connectivity index (χ0v) is 18.7. The van der Waals surface area contributed by atoms with Gasteiger partial charge >= 0.3 is 11.8 Å². The summed E-state index contributed by atoms with van der Waals surface area (Å²) in [5.41, 5.74) is 1.24. The lowest BCUT2D eigenvalue weighted by atomic mass is 10.0. The van der Waals surface area contributed by atoms with E-state index in [4.69, 9.17) is 4.74 Å². The summed E-state index contributed by atoms with van der Waals surface area (Å²) in [4.78, 5) is 32.8. The van der Waals surface area contributed by atoms with E-state index >= 15 is 0 Å². The van der Waals surface area contributed by atoms with Gasteiger partial charge in [0, 0.05) is 55.9 Å². The molecule has 0 aliphatic carbocycles. The number of hydrogen-bond donors (Lipinski definition) is 1. The standard InChI is InChI=1S/C23H30N4O3S/c1-18(24-22(28)23(29)27-13-15-30-16-14-27)21(20-8-5-17-31-20)26-11-9-25(10-12-26)19-6-3-2-4-7-19/h2-8,17-18,21H,9-16H2,1H3,(H,24,28)/t18-,21-/m1/s1. The highest BCUT2D eigenvalue weighted by Crippen LogP contribution is 2.30. The Morgan fingerprint density at radius 3 is 2.32 bits per heavy atom. The number of nitrogens with zero attached hydrogens (tertiary/aromatic N) is 3. The highest BCUT2D eigenvalue weighted by atomic mass is 32.1. The molecule has 2 aromatic rings. The molecule has 0 bridgehead atoms. The number of ether oxygens (including phenoxy) is 1. The Morgan fingerprint density at radius 2 is 1.68 bits per heavy atom. The second kappa shape index (κ2) is 10.3. The summed E-state index contributed by atoms with van der Waals surface area (Å²) in [6, 6.07) is 14.5. The number of para-hydroxylation sites is 1. The molecule has 31 heavy (non-hydrogen) atoms. The summed E-state index contributed by atoms with van der Waals surface area (Å²) in [7, 11) is 0. The Bertz CT molecular complexity index is 847. The molecule has 1 N–H and O–H groups in total. The van der Waals surface area contributed by atoms with Gasteiger partial charge in [-0.3, -0.25) is 14.5 Å². The average Bonchev–Trinajstić information content (AvgIpc) is 3.34. The van der Waals surface area contributed by atoms with E-state index in [9.17, 15) is 9.59 Å². The quantitative estimate of drug-likeness (QED) is 0.718. The van der Waals surface area contributed by atoms with Crippen LogP contribution in [0.4, 0.5) is 5.69 Å². The van der Waals surface area contributed by atoms with Gasteiger partial charge in [-0.1, -0.05) is 24.3 Å². The summed E-state index contributed by atoms with van der Waals surface area (Å²) in [5, 5.41) is 5.05. The SMILES string of the molecule is C[C@@H](NC(=O)C(=O)N1CCOCC1)[C@H](c1cccs1)N1CCN(c2ccccc2)CC1. The molecule has 0 spiro atoms. The van der Waals surface area contributed by atoms with E-state index in [1.165, 1.54) is 10.6 Å². The largest absolute Gasteiger partial charge is 0.378 e. The van der Waals surface area contributed by atoms with E-state index in [1.807, 2.05) is 19.1 Å². The second-order valence-corrected chi connectivity index (χ2v) is 8.96. The zero-order chi connectivity index (χ0) is 21.6.